The summed E-state index contributed by atoms with van der Waals surface area (Å²) in [6.07, 6.45) is 3.77. The predicted molar refractivity (Wildman–Crippen MR) is 119 cm³/mol. The predicted octanol–water partition coefficient (Wildman–Crippen LogP) is 2.76. The Balaban J connectivity index is 1.30. The van der Waals surface area contributed by atoms with Gasteiger partial charge in [0.05, 0.1) is 0 Å². The van der Waals surface area contributed by atoms with Gasteiger partial charge in [-0.15, -0.1) is 5.06 Å². The van der Waals surface area contributed by atoms with Crippen LogP contribution in [-0.2, 0) is 16.1 Å². The van der Waals surface area contributed by atoms with Gasteiger partial charge in [-0.1, -0.05) is 30.3 Å². The van der Waals surface area contributed by atoms with E-state index >= 15 is 0 Å². The Labute approximate surface area is 198 Å². The number of hydrogen-bond acceptors (Lipinski definition) is 6. The smallest absolute Gasteiger partial charge is 0.351 e. The van der Waals surface area contributed by atoms with Gasteiger partial charge in [0.1, 0.15) is 6.04 Å². The number of carbonyl (C=O) groups excluding carboxylic acids is 2. The number of amides is 2. The average molecular weight is 476 g/mol. The lowest BCUT2D eigenvalue weighted by atomic mass is 9.73. The molecule has 2 saturated heterocycles. The third-order valence-corrected chi connectivity index (χ3v) is 7.04. The number of likely N-dealkylation sites (N-methyl/N-ethyl adjacent to an activating group) is 1. The molecule has 0 radical (unpaired) electrons. The van der Waals surface area contributed by atoms with Crippen LogP contribution in [0, 0.1) is 16.9 Å². The summed E-state index contributed by atoms with van der Waals surface area (Å²) in [4.78, 5) is 33.4. The van der Waals surface area contributed by atoms with E-state index in [4.69, 9.17) is 10.1 Å². The molecular weight excluding hydrogens is 444 g/mol. The van der Waals surface area contributed by atoms with Crippen LogP contribution in [0.1, 0.15) is 37.7 Å². The summed E-state index contributed by atoms with van der Waals surface area (Å²) in [7, 11) is 1.17. The van der Waals surface area contributed by atoms with E-state index in [2.05, 4.69) is 10.2 Å². The number of alkyl halides is 2. The third-order valence-electron chi connectivity index (χ3n) is 7.04. The van der Waals surface area contributed by atoms with Gasteiger partial charge in [0, 0.05) is 44.4 Å². The monoisotopic (exact) mass is 475 g/mol. The van der Waals surface area contributed by atoms with E-state index in [0.717, 1.165) is 32.0 Å². The molecule has 1 aromatic carbocycles. The molecular formula is C24H31F2N5O3. The first kappa shape index (κ1) is 24.4. The van der Waals surface area contributed by atoms with Gasteiger partial charge in [0.15, 0.2) is 6.19 Å². The number of benzene rings is 1. The van der Waals surface area contributed by atoms with Gasteiger partial charge in [-0.2, -0.15) is 5.26 Å². The van der Waals surface area contributed by atoms with Crippen LogP contribution >= 0.6 is 0 Å². The van der Waals surface area contributed by atoms with Crippen molar-refractivity contribution in [2.45, 2.75) is 56.5 Å². The van der Waals surface area contributed by atoms with Gasteiger partial charge in [-0.05, 0) is 44.3 Å². The maximum atomic E-state index is 14.7. The molecule has 0 aromatic heterocycles. The SMILES string of the molecule is CN(C#N)C(=O)[C@H](CC(F)(F)Cc1ccccc1)NC(=O)ON1CC2(CCN(C3CC3)CC2)C1. The van der Waals surface area contributed by atoms with Crippen LogP contribution in [0.2, 0.25) is 0 Å². The third kappa shape index (κ3) is 6.02. The van der Waals surface area contributed by atoms with Crippen LogP contribution in [0.3, 0.4) is 0 Å². The zero-order chi connectivity index (χ0) is 24.3. The molecule has 10 heteroatoms. The number of nitriles is 1. The number of rotatable bonds is 8. The summed E-state index contributed by atoms with van der Waals surface area (Å²) in [5.74, 6) is -4.19. The van der Waals surface area contributed by atoms with Crippen molar-refractivity contribution in [2.75, 3.05) is 33.2 Å². The first-order chi connectivity index (χ1) is 16.2. The van der Waals surface area contributed by atoms with Gasteiger partial charge in [-0.25, -0.2) is 13.6 Å². The molecule has 0 unspecified atom stereocenters. The van der Waals surface area contributed by atoms with Gasteiger partial charge in [-0.3, -0.25) is 9.69 Å². The summed E-state index contributed by atoms with van der Waals surface area (Å²) >= 11 is 0. The number of halogens is 2. The van der Waals surface area contributed by atoms with E-state index in [9.17, 15) is 18.4 Å². The van der Waals surface area contributed by atoms with Crippen LogP contribution in [0.15, 0.2) is 30.3 Å². The number of nitrogens with zero attached hydrogens (tertiary/aromatic N) is 4. The molecule has 34 heavy (non-hydrogen) atoms. The second-order valence-corrected chi connectivity index (χ2v) is 9.86. The Morgan fingerprint density at radius 1 is 1.26 bits per heavy atom. The molecule has 3 fully saturated rings. The van der Waals surface area contributed by atoms with Gasteiger partial charge in [0.2, 0.25) is 0 Å². The molecule has 1 saturated carbocycles. The highest BCUT2D eigenvalue weighted by Crippen LogP contribution is 2.42. The average Bonchev–Trinajstić information content (AvgIpc) is 3.62. The van der Waals surface area contributed by atoms with Crippen LogP contribution < -0.4 is 5.32 Å². The van der Waals surface area contributed by atoms with E-state index in [1.165, 1.54) is 25.0 Å². The van der Waals surface area contributed by atoms with E-state index in [-0.39, 0.29) is 5.41 Å². The molecule has 1 spiro atoms. The first-order valence-electron chi connectivity index (χ1n) is 11.8. The zero-order valence-corrected chi connectivity index (χ0v) is 19.4. The number of hydroxylamine groups is 2. The normalized spacial score (nSPS) is 21.2. The fraction of sp³-hybridized carbons (Fsp3) is 0.625. The van der Waals surface area contributed by atoms with Crippen molar-refractivity contribution in [3.63, 3.8) is 0 Å². The van der Waals surface area contributed by atoms with Crippen molar-refractivity contribution in [3.05, 3.63) is 35.9 Å². The lowest BCUT2D eigenvalue weighted by molar-refractivity contribution is -0.218. The fourth-order valence-corrected chi connectivity index (χ4v) is 4.92. The summed E-state index contributed by atoms with van der Waals surface area (Å²) in [6, 6.07) is 7.34. The topological polar surface area (TPSA) is 88.9 Å². The second kappa shape index (κ2) is 9.84. The Bertz CT molecular complexity index is 918. The minimum absolute atomic E-state index is 0.130. The largest absolute Gasteiger partial charge is 0.426 e. The van der Waals surface area contributed by atoms with Crippen LogP contribution in [0.5, 0.6) is 0 Å². The Hall–Kier alpha value is -2.77. The Morgan fingerprint density at radius 2 is 1.91 bits per heavy atom. The number of carbonyl (C=O) groups is 2. The summed E-state index contributed by atoms with van der Waals surface area (Å²) in [5.41, 5.74) is 0.540. The number of piperidine rings is 1. The number of hydrogen-bond donors (Lipinski definition) is 1. The van der Waals surface area contributed by atoms with E-state index < -0.39 is 36.8 Å². The van der Waals surface area contributed by atoms with Gasteiger partial charge >= 0.3 is 6.09 Å². The highest BCUT2D eigenvalue weighted by atomic mass is 19.3. The van der Waals surface area contributed by atoms with Crippen LogP contribution in [-0.4, -0.2) is 78.1 Å². The van der Waals surface area contributed by atoms with E-state index in [1.807, 2.05) is 0 Å². The fourth-order valence-electron chi connectivity index (χ4n) is 4.92. The molecule has 8 nitrogen and oxygen atoms in total. The van der Waals surface area contributed by atoms with Crippen LogP contribution in [0.25, 0.3) is 0 Å². The van der Waals surface area contributed by atoms with Gasteiger partial charge in [0.25, 0.3) is 11.8 Å². The van der Waals surface area contributed by atoms with E-state index in [1.54, 1.807) is 36.5 Å². The molecule has 2 amide bonds. The molecule has 2 aliphatic heterocycles. The van der Waals surface area contributed by atoms with Crippen molar-refractivity contribution in [2.24, 2.45) is 5.41 Å². The first-order valence-corrected chi connectivity index (χ1v) is 11.8. The second-order valence-electron chi connectivity index (χ2n) is 9.86. The standard InChI is InChI=1S/C24H31F2N5O3/c1-29(17-27)21(32)20(14-24(25,26)13-18-5-3-2-4-6-18)28-22(33)34-31-15-23(16-31)9-11-30(12-10-23)19-7-8-19/h2-6,19-20H,7-16H2,1H3,(H,28,33)/t20-/m0/s1. The Morgan fingerprint density at radius 3 is 2.50 bits per heavy atom. The maximum Gasteiger partial charge on any atom is 0.426 e. The maximum absolute atomic E-state index is 14.7. The van der Waals surface area contributed by atoms with Crippen molar-refractivity contribution >= 4 is 12.0 Å². The molecule has 1 N–H and O–H groups in total. The van der Waals surface area contributed by atoms with Crippen LogP contribution in [0.4, 0.5) is 13.6 Å². The summed E-state index contributed by atoms with van der Waals surface area (Å²) in [5, 5.41) is 12.8. The lowest BCUT2D eigenvalue weighted by Gasteiger charge is -2.52. The quantitative estimate of drug-likeness (QED) is 0.460. The van der Waals surface area contributed by atoms with Crippen molar-refractivity contribution in [1.29, 1.82) is 5.26 Å². The molecule has 0 bridgehead atoms. The van der Waals surface area contributed by atoms with E-state index in [0.29, 0.717) is 23.6 Å². The molecule has 184 valence electrons. The van der Waals surface area contributed by atoms with Gasteiger partial charge < -0.3 is 15.1 Å². The van der Waals surface area contributed by atoms with Crippen molar-refractivity contribution < 1.29 is 23.2 Å². The molecule has 1 aliphatic carbocycles. The minimum Gasteiger partial charge on any atom is -0.351 e. The van der Waals surface area contributed by atoms with Crippen molar-refractivity contribution in [3.8, 4) is 6.19 Å². The minimum atomic E-state index is -3.28. The highest BCUT2D eigenvalue weighted by Gasteiger charge is 2.48. The highest BCUT2D eigenvalue weighted by molar-refractivity contribution is 5.86. The molecule has 2 heterocycles. The molecule has 3 aliphatic rings. The Kier molecular flexibility index (Phi) is 7.05. The molecule has 4 rings (SSSR count). The number of nitrogens with one attached hydrogen (secondary N) is 1. The summed E-state index contributed by atoms with van der Waals surface area (Å²) in [6.45, 7) is 3.30. The summed E-state index contributed by atoms with van der Waals surface area (Å²) < 4.78 is 29.5. The zero-order valence-electron chi connectivity index (χ0n) is 19.4. The lowest BCUT2D eigenvalue weighted by Crippen LogP contribution is -2.61. The number of likely N-dealkylation sites (tertiary alicyclic amines) is 1. The van der Waals surface area contributed by atoms with Crippen molar-refractivity contribution in [1.82, 2.24) is 20.2 Å². The molecule has 1 atom stereocenters. The molecule has 1 aromatic rings.